The Labute approximate surface area is 95.0 Å². The van der Waals surface area contributed by atoms with Crippen molar-refractivity contribution in [3.05, 3.63) is 12.2 Å². The Morgan fingerprint density at radius 3 is 2.00 bits per heavy atom. The van der Waals surface area contributed by atoms with Gasteiger partial charge in [-0.05, 0) is 12.2 Å². The van der Waals surface area contributed by atoms with E-state index >= 15 is 0 Å². The van der Waals surface area contributed by atoms with E-state index in [1.807, 2.05) is 0 Å². The zero-order valence-electron chi connectivity index (χ0n) is 8.54. The number of nitrogens with zero attached hydrogens (tertiary/aromatic N) is 1. The molecule has 2 aliphatic rings. The summed E-state index contributed by atoms with van der Waals surface area (Å²) >= 11 is 0. The lowest BCUT2D eigenvalue weighted by molar-refractivity contribution is -0.200. The van der Waals surface area contributed by atoms with Crippen LogP contribution in [0.15, 0.2) is 12.2 Å². The fourth-order valence-electron chi connectivity index (χ4n) is 1.53. The molecular weight excluding hydrogens is 230 g/mol. The van der Waals surface area contributed by atoms with Crippen molar-refractivity contribution in [3.8, 4) is 0 Å². The molecule has 1 saturated heterocycles. The van der Waals surface area contributed by atoms with Crippen molar-refractivity contribution in [2.75, 3.05) is 0 Å². The van der Waals surface area contributed by atoms with E-state index in [0.29, 0.717) is 5.06 Å². The Kier molecular flexibility index (Phi) is 2.58. The highest BCUT2D eigenvalue weighted by molar-refractivity contribution is 6.28. The maximum absolute atomic E-state index is 11.5. The lowest BCUT2D eigenvalue weighted by Crippen LogP contribution is -2.37. The van der Waals surface area contributed by atoms with Gasteiger partial charge in [0, 0.05) is 12.8 Å². The second-order valence-corrected chi connectivity index (χ2v) is 3.56. The van der Waals surface area contributed by atoms with Crippen molar-refractivity contribution in [2.24, 2.45) is 5.92 Å². The van der Waals surface area contributed by atoms with Gasteiger partial charge in [0.1, 0.15) is 0 Å². The van der Waals surface area contributed by atoms with Crippen LogP contribution in [-0.4, -0.2) is 34.4 Å². The first-order valence-corrected chi connectivity index (χ1v) is 4.84. The van der Waals surface area contributed by atoms with Gasteiger partial charge in [0.2, 0.25) is 0 Å². The molecule has 88 valence electrons. The molecule has 2 rings (SSSR count). The number of imide groups is 1. The zero-order chi connectivity index (χ0) is 12.6. The Balaban J connectivity index is 2.07. The molecule has 17 heavy (non-hydrogen) atoms. The smallest absolute Gasteiger partial charge is 0.329 e. The number of hydrogen-bond acceptors (Lipinski definition) is 6. The van der Waals surface area contributed by atoms with Crippen molar-refractivity contribution in [2.45, 2.75) is 12.8 Å². The van der Waals surface area contributed by atoms with Crippen molar-refractivity contribution >= 4 is 29.4 Å². The molecule has 0 aromatic carbocycles. The summed E-state index contributed by atoms with van der Waals surface area (Å²) in [7, 11) is 0. The van der Waals surface area contributed by atoms with Gasteiger partial charge >= 0.3 is 5.97 Å². The first kappa shape index (κ1) is 11.2. The molecule has 0 aromatic heterocycles. The molecule has 0 unspecified atom stereocenters. The highest BCUT2D eigenvalue weighted by Gasteiger charge is 2.41. The third-order valence-corrected chi connectivity index (χ3v) is 2.40. The molecule has 1 aliphatic carbocycles. The van der Waals surface area contributed by atoms with Crippen LogP contribution in [-0.2, 0) is 28.8 Å². The minimum Gasteiger partial charge on any atom is -0.329 e. The van der Waals surface area contributed by atoms with E-state index in [1.54, 1.807) is 0 Å². The van der Waals surface area contributed by atoms with Crippen LogP contribution in [0.25, 0.3) is 0 Å². The van der Waals surface area contributed by atoms with E-state index in [2.05, 4.69) is 4.84 Å². The van der Waals surface area contributed by atoms with Crippen LogP contribution in [0.5, 0.6) is 0 Å². The van der Waals surface area contributed by atoms with Crippen LogP contribution in [0, 0.1) is 5.92 Å². The van der Waals surface area contributed by atoms with Crippen LogP contribution in [0.3, 0.4) is 0 Å². The van der Waals surface area contributed by atoms with Crippen LogP contribution < -0.4 is 0 Å². The summed E-state index contributed by atoms with van der Waals surface area (Å²) in [6.45, 7) is 0. The fourth-order valence-corrected chi connectivity index (χ4v) is 1.53. The minimum absolute atomic E-state index is 0.0447. The number of amides is 2. The number of rotatable bonds is 2. The lowest BCUT2D eigenvalue weighted by atomic mass is 10.1. The van der Waals surface area contributed by atoms with Gasteiger partial charge < -0.3 is 4.84 Å². The van der Waals surface area contributed by atoms with E-state index in [9.17, 15) is 24.0 Å². The third-order valence-electron chi connectivity index (χ3n) is 2.40. The monoisotopic (exact) mass is 237 g/mol. The van der Waals surface area contributed by atoms with Crippen LogP contribution in [0.1, 0.15) is 12.8 Å². The molecule has 2 amide bonds. The van der Waals surface area contributed by atoms with Gasteiger partial charge in [-0.2, -0.15) is 0 Å². The molecule has 7 nitrogen and oxygen atoms in total. The van der Waals surface area contributed by atoms with Gasteiger partial charge in [-0.15, -0.1) is 5.06 Å². The van der Waals surface area contributed by atoms with Crippen LogP contribution in [0.4, 0.5) is 0 Å². The topological polar surface area (TPSA) is 97.8 Å². The van der Waals surface area contributed by atoms with E-state index in [0.717, 1.165) is 12.2 Å². The second kappa shape index (κ2) is 3.93. The van der Waals surface area contributed by atoms with Gasteiger partial charge in [0.25, 0.3) is 11.8 Å². The normalized spacial score (nSPS) is 20.6. The molecule has 0 N–H and O–H groups in total. The van der Waals surface area contributed by atoms with E-state index in [1.165, 1.54) is 0 Å². The number of allylic oxidation sites excluding steroid dienone is 2. The molecule has 7 heteroatoms. The summed E-state index contributed by atoms with van der Waals surface area (Å²) < 4.78 is 0. The summed E-state index contributed by atoms with van der Waals surface area (Å²) in [6, 6.07) is 0. The van der Waals surface area contributed by atoms with Gasteiger partial charge in [-0.1, -0.05) is 0 Å². The van der Waals surface area contributed by atoms with E-state index in [-0.39, 0.29) is 12.8 Å². The van der Waals surface area contributed by atoms with Gasteiger partial charge in [0.05, 0.1) is 0 Å². The lowest BCUT2D eigenvalue weighted by Gasteiger charge is -2.14. The maximum Gasteiger partial charge on any atom is 0.351 e. The standard InChI is InChI=1S/C10H7NO6/c12-5-1-2-6(13)9(5)10(16)17-11-7(14)3-4-8(11)15/h1-2,9H,3-4H2. The first-order valence-electron chi connectivity index (χ1n) is 4.84. The summed E-state index contributed by atoms with van der Waals surface area (Å²) in [4.78, 5) is 60.6. The van der Waals surface area contributed by atoms with Crippen molar-refractivity contribution in [1.82, 2.24) is 5.06 Å². The quantitative estimate of drug-likeness (QED) is 0.447. The van der Waals surface area contributed by atoms with E-state index < -0.39 is 35.3 Å². The third kappa shape index (κ3) is 1.86. The maximum atomic E-state index is 11.5. The highest BCUT2D eigenvalue weighted by atomic mass is 16.7. The molecule has 1 fully saturated rings. The second-order valence-electron chi connectivity index (χ2n) is 3.56. The van der Waals surface area contributed by atoms with Crippen molar-refractivity contribution in [3.63, 3.8) is 0 Å². The molecule has 1 heterocycles. The molecule has 0 radical (unpaired) electrons. The largest absolute Gasteiger partial charge is 0.351 e. The summed E-state index contributed by atoms with van der Waals surface area (Å²) in [6.07, 6.45) is 1.83. The number of hydroxylamine groups is 2. The van der Waals surface area contributed by atoms with Crippen LogP contribution in [0.2, 0.25) is 0 Å². The van der Waals surface area contributed by atoms with Crippen molar-refractivity contribution in [1.29, 1.82) is 0 Å². The predicted molar refractivity (Wildman–Crippen MR) is 49.8 cm³/mol. The Hall–Kier alpha value is -2.31. The number of ketones is 2. The summed E-state index contributed by atoms with van der Waals surface area (Å²) in [5.74, 6) is -5.52. The predicted octanol–water partition coefficient (Wildman–Crippen LogP) is -1.08. The Bertz CT molecular complexity index is 443. The molecule has 0 bridgehead atoms. The van der Waals surface area contributed by atoms with Crippen molar-refractivity contribution < 1.29 is 28.8 Å². The highest BCUT2D eigenvalue weighted by Crippen LogP contribution is 2.17. The molecule has 0 aromatic rings. The average molecular weight is 237 g/mol. The zero-order valence-corrected chi connectivity index (χ0v) is 8.54. The molecule has 0 spiro atoms. The Morgan fingerprint density at radius 1 is 1.06 bits per heavy atom. The number of hydrogen-bond donors (Lipinski definition) is 0. The molecule has 0 atom stereocenters. The van der Waals surface area contributed by atoms with Gasteiger partial charge in [-0.3, -0.25) is 19.2 Å². The number of carbonyl (C=O) groups excluding carboxylic acids is 5. The number of carbonyl (C=O) groups is 5. The fraction of sp³-hybridized carbons (Fsp3) is 0.300. The van der Waals surface area contributed by atoms with Gasteiger partial charge in [0.15, 0.2) is 17.5 Å². The van der Waals surface area contributed by atoms with E-state index in [4.69, 9.17) is 0 Å². The SMILES string of the molecule is O=C1C=CC(=O)C1C(=O)ON1C(=O)CCC1=O. The summed E-state index contributed by atoms with van der Waals surface area (Å²) in [5, 5.41) is 0.307. The first-order chi connectivity index (χ1) is 8.00. The summed E-state index contributed by atoms with van der Waals surface area (Å²) in [5.41, 5.74) is 0. The molecule has 1 aliphatic heterocycles. The minimum atomic E-state index is -1.59. The molecular formula is C10H7NO6. The Morgan fingerprint density at radius 2 is 1.53 bits per heavy atom. The average Bonchev–Trinajstić information content (AvgIpc) is 2.75. The van der Waals surface area contributed by atoms with Crippen LogP contribution >= 0.6 is 0 Å². The molecule has 0 saturated carbocycles. The van der Waals surface area contributed by atoms with Gasteiger partial charge in [-0.25, -0.2) is 4.79 Å².